The molecule has 0 aliphatic carbocycles. The third kappa shape index (κ3) is 4.15. The number of ether oxygens (including phenoxy) is 1. The average Bonchev–Trinajstić information content (AvgIpc) is 2.62. The normalized spacial score (nSPS) is 12.1. The summed E-state index contributed by atoms with van der Waals surface area (Å²) in [4.78, 5) is 12.1. The van der Waals surface area contributed by atoms with Gasteiger partial charge < -0.3 is 4.74 Å². The lowest BCUT2D eigenvalue weighted by atomic mass is 10.2. The molecule has 2 aromatic carbocycles. The summed E-state index contributed by atoms with van der Waals surface area (Å²) >= 11 is 6.01. The van der Waals surface area contributed by atoms with Crippen LogP contribution < -0.4 is 4.31 Å². The van der Waals surface area contributed by atoms with Crippen LogP contribution in [0.25, 0.3) is 0 Å². The van der Waals surface area contributed by atoms with E-state index in [-0.39, 0.29) is 22.0 Å². The number of esters is 1. The first-order valence-corrected chi connectivity index (χ1v) is 9.61. The number of rotatable bonds is 6. The fraction of sp³-hybridized carbons (Fsp3) is 0.222. The van der Waals surface area contributed by atoms with Crippen LogP contribution in [0.15, 0.2) is 53.4 Å². The lowest BCUT2D eigenvalue weighted by Gasteiger charge is -2.23. The van der Waals surface area contributed by atoms with Gasteiger partial charge in [0.1, 0.15) is 6.07 Å². The molecule has 2 rings (SSSR count). The van der Waals surface area contributed by atoms with E-state index in [1.807, 2.05) is 0 Å². The second kappa shape index (κ2) is 8.21. The van der Waals surface area contributed by atoms with Gasteiger partial charge in [0.25, 0.3) is 10.0 Å². The van der Waals surface area contributed by atoms with Gasteiger partial charge in [-0.1, -0.05) is 29.8 Å². The zero-order valence-corrected chi connectivity index (χ0v) is 15.8. The molecule has 0 saturated carbocycles. The highest BCUT2D eigenvalue weighted by Crippen LogP contribution is 2.27. The molecule has 0 N–H and O–H groups in total. The van der Waals surface area contributed by atoms with Crippen LogP contribution >= 0.6 is 11.6 Å². The molecule has 0 unspecified atom stereocenters. The molecule has 0 aliphatic heterocycles. The van der Waals surface area contributed by atoms with Gasteiger partial charge in [-0.2, -0.15) is 5.26 Å². The Kier molecular flexibility index (Phi) is 6.24. The van der Waals surface area contributed by atoms with Crippen LogP contribution in [0.4, 0.5) is 5.69 Å². The van der Waals surface area contributed by atoms with E-state index in [0.717, 1.165) is 6.07 Å². The van der Waals surface area contributed by atoms with E-state index in [1.54, 1.807) is 43.3 Å². The molecular weight excluding hydrogens is 376 g/mol. The Balaban J connectivity index is 2.46. The van der Waals surface area contributed by atoms with E-state index in [1.165, 1.54) is 23.4 Å². The number of para-hydroxylation sites is 1. The van der Waals surface area contributed by atoms with Crippen LogP contribution in [0, 0.1) is 11.3 Å². The summed E-state index contributed by atoms with van der Waals surface area (Å²) in [5.41, 5.74) is 0.395. The third-order valence-corrected chi connectivity index (χ3v) is 5.77. The van der Waals surface area contributed by atoms with E-state index in [2.05, 4.69) is 0 Å². The molecule has 0 radical (unpaired) electrons. The van der Waals surface area contributed by atoms with E-state index in [9.17, 15) is 13.2 Å². The predicted octanol–water partition coefficient (Wildman–Crippen LogP) is 3.62. The maximum atomic E-state index is 13.0. The number of nitrogens with zero attached hydrogens (tertiary/aromatic N) is 2. The van der Waals surface area contributed by atoms with E-state index < -0.39 is 22.1 Å². The summed E-state index contributed by atoms with van der Waals surface area (Å²) in [5, 5.41) is 8.80. The minimum absolute atomic E-state index is 0.0434. The second-order valence-electron chi connectivity index (χ2n) is 5.32. The van der Waals surface area contributed by atoms with Gasteiger partial charge in [-0.25, -0.2) is 13.2 Å². The maximum absolute atomic E-state index is 13.0. The molecule has 0 spiro atoms. The Morgan fingerprint density at radius 1 is 1.27 bits per heavy atom. The number of hydrogen-bond donors (Lipinski definition) is 0. The molecule has 0 aromatic heterocycles. The van der Waals surface area contributed by atoms with E-state index >= 15 is 0 Å². The van der Waals surface area contributed by atoms with Crippen LogP contribution in [0.3, 0.4) is 0 Å². The van der Waals surface area contributed by atoms with Crippen molar-refractivity contribution in [2.75, 3.05) is 10.8 Å². The number of anilines is 1. The highest BCUT2D eigenvalue weighted by molar-refractivity contribution is 7.92. The van der Waals surface area contributed by atoms with Gasteiger partial charge in [0.15, 0.2) is 6.10 Å². The van der Waals surface area contributed by atoms with Crippen LogP contribution in [-0.4, -0.2) is 27.0 Å². The van der Waals surface area contributed by atoms with Crippen molar-refractivity contribution in [3.63, 3.8) is 0 Å². The number of sulfonamides is 1. The van der Waals surface area contributed by atoms with Crippen LogP contribution in [0.2, 0.25) is 5.02 Å². The first-order valence-electron chi connectivity index (χ1n) is 7.79. The van der Waals surface area contributed by atoms with Crippen molar-refractivity contribution in [2.24, 2.45) is 0 Å². The molecule has 0 amide bonds. The lowest BCUT2D eigenvalue weighted by Crippen LogP contribution is -2.31. The Labute approximate surface area is 157 Å². The minimum Gasteiger partial charge on any atom is -0.444 e. The molecule has 0 fully saturated rings. The fourth-order valence-corrected chi connectivity index (χ4v) is 3.98. The largest absolute Gasteiger partial charge is 0.444 e. The molecule has 0 saturated heterocycles. The van der Waals surface area contributed by atoms with Gasteiger partial charge in [-0.15, -0.1) is 0 Å². The SMILES string of the molecule is CCN(c1ccccc1)S(=O)(=O)c1ccc(Cl)c(C(=O)O[C@H](C)C#N)c1. The van der Waals surface area contributed by atoms with Gasteiger partial charge in [0, 0.05) is 6.54 Å². The fourth-order valence-electron chi connectivity index (χ4n) is 2.28. The van der Waals surface area contributed by atoms with Crippen LogP contribution in [0.5, 0.6) is 0 Å². The summed E-state index contributed by atoms with van der Waals surface area (Å²) in [6, 6.07) is 14.2. The molecule has 8 heteroatoms. The standard InChI is InChI=1S/C18H17ClN2O4S/c1-3-21(14-7-5-4-6-8-14)26(23,24)15-9-10-17(19)16(11-15)18(22)25-13(2)12-20/h4-11,13H,3H2,1-2H3/t13-/m1/s1. The van der Waals surface area contributed by atoms with Crippen molar-refractivity contribution in [1.29, 1.82) is 5.26 Å². The van der Waals surface area contributed by atoms with Crippen molar-refractivity contribution in [3.05, 3.63) is 59.1 Å². The Morgan fingerprint density at radius 2 is 1.92 bits per heavy atom. The van der Waals surface area contributed by atoms with Gasteiger partial charge in [0.05, 0.1) is 21.2 Å². The Bertz CT molecular complexity index is 939. The van der Waals surface area contributed by atoms with Crippen LogP contribution in [0.1, 0.15) is 24.2 Å². The van der Waals surface area contributed by atoms with Crippen molar-refractivity contribution in [1.82, 2.24) is 0 Å². The summed E-state index contributed by atoms with van der Waals surface area (Å²) in [7, 11) is -3.91. The Morgan fingerprint density at radius 3 is 2.50 bits per heavy atom. The molecule has 0 aliphatic rings. The van der Waals surface area contributed by atoms with Gasteiger partial charge in [0.2, 0.25) is 0 Å². The van der Waals surface area contributed by atoms with Crippen LogP contribution in [-0.2, 0) is 14.8 Å². The van der Waals surface area contributed by atoms with Gasteiger partial charge >= 0.3 is 5.97 Å². The lowest BCUT2D eigenvalue weighted by molar-refractivity contribution is 0.0435. The van der Waals surface area contributed by atoms with Crippen molar-refractivity contribution < 1.29 is 17.9 Å². The van der Waals surface area contributed by atoms with Gasteiger partial charge in [-0.3, -0.25) is 4.31 Å². The molecule has 0 heterocycles. The summed E-state index contributed by atoms with van der Waals surface area (Å²) in [6.07, 6.45) is -0.977. The quantitative estimate of drug-likeness (QED) is 0.700. The minimum atomic E-state index is -3.91. The maximum Gasteiger partial charge on any atom is 0.340 e. The van der Waals surface area contributed by atoms with E-state index in [0.29, 0.717) is 5.69 Å². The summed E-state index contributed by atoms with van der Waals surface area (Å²) in [5.74, 6) is -0.858. The monoisotopic (exact) mass is 392 g/mol. The number of benzene rings is 2. The topological polar surface area (TPSA) is 87.5 Å². The summed E-state index contributed by atoms with van der Waals surface area (Å²) < 4.78 is 32.2. The molecule has 0 bridgehead atoms. The zero-order chi connectivity index (χ0) is 19.3. The number of carbonyl (C=O) groups excluding carboxylic acids is 1. The van der Waals surface area contributed by atoms with E-state index in [4.69, 9.17) is 21.6 Å². The molecule has 6 nitrogen and oxygen atoms in total. The summed E-state index contributed by atoms with van der Waals surface area (Å²) in [6.45, 7) is 3.32. The average molecular weight is 393 g/mol. The number of hydrogen-bond acceptors (Lipinski definition) is 5. The van der Waals surface area contributed by atoms with Crippen molar-refractivity contribution in [2.45, 2.75) is 24.8 Å². The number of halogens is 1. The Hall–Kier alpha value is -2.56. The third-order valence-electron chi connectivity index (χ3n) is 3.54. The molecular formula is C18H17ClN2O4S. The zero-order valence-electron chi connectivity index (χ0n) is 14.2. The first-order chi connectivity index (χ1) is 12.3. The molecule has 26 heavy (non-hydrogen) atoms. The second-order valence-corrected chi connectivity index (χ2v) is 7.59. The predicted molar refractivity (Wildman–Crippen MR) is 98.6 cm³/mol. The highest BCUT2D eigenvalue weighted by Gasteiger charge is 2.26. The smallest absolute Gasteiger partial charge is 0.340 e. The molecule has 136 valence electrons. The van der Waals surface area contributed by atoms with Crippen molar-refractivity contribution >= 4 is 33.3 Å². The van der Waals surface area contributed by atoms with Crippen molar-refractivity contribution in [3.8, 4) is 6.07 Å². The molecule has 1 atom stereocenters. The number of carbonyl (C=O) groups is 1. The molecule has 2 aromatic rings. The first kappa shape index (κ1) is 19.8. The highest BCUT2D eigenvalue weighted by atomic mass is 35.5. The number of nitriles is 1. The van der Waals surface area contributed by atoms with Gasteiger partial charge in [-0.05, 0) is 44.2 Å².